The molecule has 3 nitrogen and oxygen atoms in total. The molecule has 1 heterocycles. The number of ketones is 1. The van der Waals surface area contributed by atoms with Crippen LogP contribution in [-0.2, 0) is 0 Å². The molecule has 1 aromatic carbocycles. The Kier molecular flexibility index (Phi) is 5.88. The highest BCUT2D eigenvalue weighted by Gasteiger charge is 2.18. The fourth-order valence-corrected chi connectivity index (χ4v) is 2.75. The smallest absolute Gasteiger partial charge is 0.162 e. The van der Waals surface area contributed by atoms with Crippen molar-refractivity contribution in [2.75, 3.05) is 32.7 Å². The Hall–Kier alpha value is -1.26. The van der Waals surface area contributed by atoms with Crippen LogP contribution < -0.4 is 0 Å². The summed E-state index contributed by atoms with van der Waals surface area (Å²) in [5.74, 6) is -0.189. The zero-order chi connectivity index (χ0) is 15.2. The molecule has 0 atom stereocenters. The summed E-state index contributed by atoms with van der Waals surface area (Å²) in [5, 5.41) is 0. The Morgan fingerprint density at radius 3 is 2.33 bits per heavy atom. The minimum absolute atomic E-state index is 0.107. The second kappa shape index (κ2) is 7.66. The molecular weight excluding hydrogens is 267 g/mol. The number of Topliss-reactive ketones (excluding diaryl/α,β-unsaturated/α-hetero) is 1. The molecular formula is C17H25FN2O. The van der Waals surface area contributed by atoms with Gasteiger partial charge in [0.1, 0.15) is 5.82 Å². The molecule has 1 aromatic rings. The van der Waals surface area contributed by atoms with E-state index in [0.29, 0.717) is 18.0 Å². The Bertz CT molecular complexity index is 450. The van der Waals surface area contributed by atoms with E-state index in [2.05, 4.69) is 23.6 Å². The number of hydrogen-bond acceptors (Lipinski definition) is 3. The molecule has 21 heavy (non-hydrogen) atoms. The molecule has 1 aliphatic heterocycles. The lowest BCUT2D eigenvalue weighted by Gasteiger charge is -2.36. The zero-order valence-electron chi connectivity index (χ0n) is 13.0. The van der Waals surface area contributed by atoms with Gasteiger partial charge in [-0.2, -0.15) is 0 Å². The predicted molar refractivity (Wildman–Crippen MR) is 83.1 cm³/mol. The van der Waals surface area contributed by atoms with E-state index in [0.717, 1.165) is 39.1 Å². The Labute approximate surface area is 126 Å². The van der Waals surface area contributed by atoms with Crippen molar-refractivity contribution < 1.29 is 9.18 Å². The molecule has 0 unspecified atom stereocenters. The average Bonchev–Trinajstić information content (AvgIpc) is 2.48. The lowest BCUT2D eigenvalue weighted by Crippen LogP contribution is -2.48. The summed E-state index contributed by atoms with van der Waals surface area (Å²) in [6.45, 7) is 9.84. The first-order valence-corrected chi connectivity index (χ1v) is 7.81. The van der Waals surface area contributed by atoms with Gasteiger partial charge in [0.15, 0.2) is 5.78 Å². The first-order chi connectivity index (χ1) is 10.1. The summed E-state index contributed by atoms with van der Waals surface area (Å²) in [6, 6.07) is 6.45. The van der Waals surface area contributed by atoms with Crippen LogP contribution in [0.25, 0.3) is 0 Å². The number of halogens is 1. The maximum Gasteiger partial charge on any atom is 0.162 e. The van der Waals surface area contributed by atoms with E-state index in [1.54, 1.807) is 12.1 Å². The van der Waals surface area contributed by atoms with Crippen LogP contribution in [0.4, 0.5) is 4.39 Å². The molecule has 0 saturated carbocycles. The first-order valence-electron chi connectivity index (χ1n) is 7.81. The SMILES string of the molecule is CC(C)N1CCN(CCCC(=O)c2ccc(F)cc2)CC1. The fourth-order valence-electron chi connectivity index (χ4n) is 2.75. The zero-order valence-corrected chi connectivity index (χ0v) is 13.0. The molecule has 4 heteroatoms. The van der Waals surface area contributed by atoms with E-state index in [-0.39, 0.29) is 11.6 Å². The van der Waals surface area contributed by atoms with Gasteiger partial charge in [-0.1, -0.05) is 0 Å². The van der Waals surface area contributed by atoms with Gasteiger partial charge in [-0.25, -0.2) is 4.39 Å². The van der Waals surface area contributed by atoms with E-state index >= 15 is 0 Å². The van der Waals surface area contributed by atoms with Gasteiger partial charge in [0.2, 0.25) is 0 Å². The average molecular weight is 292 g/mol. The van der Waals surface area contributed by atoms with Gasteiger partial charge in [-0.3, -0.25) is 9.69 Å². The summed E-state index contributed by atoms with van der Waals surface area (Å²) in [6.07, 6.45) is 1.41. The second-order valence-electron chi connectivity index (χ2n) is 6.00. The van der Waals surface area contributed by atoms with Gasteiger partial charge < -0.3 is 4.90 Å². The largest absolute Gasteiger partial charge is 0.301 e. The van der Waals surface area contributed by atoms with Gasteiger partial charge in [0.25, 0.3) is 0 Å². The molecule has 2 rings (SSSR count). The summed E-state index contributed by atoms with van der Waals surface area (Å²) in [4.78, 5) is 16.9. The summed E-state index contributed by atoms with van der Waals surface area (Å²) in [5.41, 5.74) is 0.612. The van der Waals surface area contributed by atoms with Crippen molar-refractivity contribution in [1.82, 2.24) is 9.80 Å². The molecule has 0 amide bonds. The third kappa shape index (κ3) is 4.90. The molecule has 0 spiro atoms. The van der Waals surface area contributed by atoms with Crippen LogP contribution >= 0.6 is 0 Å². The van der Waals surface area contributed by atoms with E-state index in [9.17, 15) is 9.18 Å². The van der Waals surface area contributed by atoms with Crippen molar-refractivity contribution in [2.45, 2.75) is 32.7 Å². The van der Waals surface area contributed by atoms with Gasteiger partial charge in [0.05, 0.1) is 0 Å². The van der Waals surface area contributed by atoms with Crippen molar-refractivity contribution in [3.63, 3.8) is 0 Å². The minimum Gasteiger partial charge on any atom is -0.301 e. The van der Waals surface area contributed by atoms with Crippen molar-refractivity contribution in [3.8, 4) is 0 Å². The number of nitrogens with zero attached hydrogens (tertiary/aromatic N) is 2. The first kappa shape index (κ1) is 16.1. The number of carbonyl (C=O) groups is 1. The van der Waals surface area contributed by atoms with Gasteiger partial charge in [-0.15, -0.1) is 0 Å². The van der Waals surface area contributed by atoms with Crippen molar-refractivity contribution in [3.05, 3.63) is 35.6 Å². The summed E-state index contributed by atoms with van der Waals surface area (Å²) >= 11 is 0. The maximum atomic E-state index is 12.8. The standard InChI is InChI=1S/C17H25FN2O/c1-14(2)20-12-10-19(11-13-20)9-3-4-17(21)15-5-7-16(18)8-6-15/h5-8,14H,3-4,9-13H2,1-2H3. The molecule has 0 radical (unpaired) electrons. The van der Waals surface area contributed by atoms with Crippen LogP contribution in [0.3, 0.4) is 0 Å². The topological polar surface area (TPSA) is 23.6 Å². The van der Waals surface area contributed by atoms with Crippen LogP contribution in [0.5, 0.6) is 0 Å². The summed E-state index contributed by atoms with van der Waals surface area (Å²) in [7, 11) is 0. The number of rotatable bonds is 6. The van der Waals surface area contributed by atoms with Crippen LogP contribution in [0, 0.1) is 5.82 Å². The molecule has 0 aromatic heterocycles. The highest BCUT2D eigenvalue weighted by Crippen LogP contribution is 2.10. The highest BCUT2D eigenvalue weighted by molar-refractivity contribution is 5.95. The fraction of sp³-hybridized carbons (Fsp3) is 0.588. The van der Waals surface area contributed by atoms with Crippen LogP contribution in [0.15, 0.2) is 24.3 Å². The van der Waals surface area contributed by atoms with Gasteiger partial charge >= 0.3 is 0 Å². The van der Waals surface area contributed by atoms with Crippen LogP contribution in [0.1, 0.15) is 37.0 Å². The predicted octanol–water partition coefficient (Wildman–Crippen LogP) is 2.81. The van der Waals surface area contributed by atoms with E-state index in [4.69, 9.17) is 0 Å². The molecule has 1 fully saturated rings. The van der Waals surface area contributed by atoms with Crippen LogP contribution in [-0.4, -0.2) is 54.3 Å². The molecule has 1 aliphatic rings. The quantitative estimate of drug-likeness (QED) is 0.753. The minimum atomic E-state index is -0.297. The molecule has 0 aliphatic carbocycles. The number of carbonyl (C=O) groups excluding carboxylic acids is 1. The third-order valence-electron chi connectivity index (χ3n) is 4.18. The normalized spacial score (nSPS) is 17.3. The van der Waals surface area contributed by atoms with Gasteiger partial charge in [0, 0.05) is 44.2 Å². The number of hydrogen-bond donors (Lipinski definition) is 0. The third-order valence-corrected chi connectivity index (χ3v) is 4.18. The van der Waals surface area contributed by atoms with Crippen LogP contribution in [0.2, 0.25) is 0 Å². The molecule has 0 bridgehead atoms. The van der Waals surface area contributed by atoms with Crippen molar-refractivity contribution in [1.29, 1.82) is 0 Å². The van der Waals surface area contributed by atoms with E-state index < -0.39 is 0 Å². The lowest BCUT2D eigenvalue weighted by atomic mass is 10.1. The maximum absolute atomic E-state index is 12.8. The Balaban J connectivity index is 1.68. The molecule has 116 valence electrons. The second-order valence-corrected chi connectivity index (χ2v) is 6.00. The highest BCUT2D eigenvalue weighted by atomic mass is 19.1. The lowest BCUT2D eigenvalue weighted by molar-refractivity contribution is 0.0941. The molecule has 0 N–H and O–H groups in total. The van der Waals surface area contributed by atoms with Gasteiger partial charge in [-0.05, 0) is 51.1 Å². The monoisotopic (exact) mass is 292 g/mol. The Morgan fingerprint density at radius 1 is 1.14 bits per heavy atom. The van der Waals surface area contributed by atoms with E-state index in [1.165, 1.54) is 12.1 Å². The van der Waals surface area contributed by atoms with Crippen molar-refractivity contribution in [2.24, 2.45) is 0 Å². The van der Waals surface area contributed by atoms with Crippen molar-refractivity contribution >= 4 is 5.78 Å². The van der Waals surface area contributed by atoms with E-state index in [1.807, 2.05) is 0 Å². The number of benzene rings is 1. The summed E-state index contributed by atoms with van der Waals surface area (Å²) < 4.78 is 12.8. The molecule has 1 saturated heterocycles. The Morgan fingerprint density at radius 2 is 1.76 bits per heavy atom. The number of piperazine rings is 1.